The number of phenols is 1. The van der Waals surface area contributed by atoms with Gasteiger partial charge in [0.15, 0.2) is 18.1 Å². The number of benzene rings is 2. The van der Waals surface area contributed by atoms with Gasteiger partial charge >= 0.3 is 0 Å². The van der Waals surface area contributed by atoms with Gasteiger partial charge in [0, 0.05) is 0 Å². The van der Waals surface area contributed by atoms with Gasteiger partial charge in [-0.05, 0) is 41.8 Å². The summed E-state index contributed by atoms with van der Waals surface area (Å²) >= 11 is 5.88. The van der Waals surface area contributed by atoms with E-state index < -0.39 is 5.91 Å². The highest BCUT2D eigenvalue weighted by atomic mass is 35.5. The minimum absolute atomic E-state index is 0.131. The van der Waals surface area contributed by atoms with Crippen LogP contribution in [-0.4, -0.2) is 30.9 Å². The molecule has 25 heavy (non-hydrogen) atoms. The minimum Gasteiger partial charge on any atom is -0.503 e. The van der Waals surface area contributed by atoms with Crippen LogP contribution in [0.15, 0.2) is 41.5 Å². The van der Waals surface area contributed by atoms with Gasteiger partial charge in [0.1, 0.15) is 5.75 Å². The van der Waals surface area contributed by atoms with Crippen LogP contribution in [0.4, 0.5) is 0 Å². The maximum absolute atomic E-state index is 11.7. The van der Waals surface area contributed by atoms with Crippen LogP contribution in [0.25, 0.3) is 0 Å². The number of rotatable bonds is 7. The second kappa shape index (κ2) is 8.94. The molecule has 0 bridgehead atoms. The molecule has 0 aliphatic heterocycles. The number of amides is 1. The van der Waals surface area contributed by atoms with Crippen LogP contribution in [-0.2, 0) is 11.2 Å². The number of hydrogen-bond acceptors (Lipinski definition) is 5. The Kier molecular flexibility index (Phi) is 6.65. The molecule has 2 N–H and O–H groups in total. The maximum Gasteiger partial charge on any atom is 0.277 e. The quantitative estimate of drug-likeness (QED) is 0.585. The van der Waals surface area contributed by atoms with Gasteiger partial charge in [-0.2, -0.15) is 5.10 Å². The largest absolute Gasteiger partial charge is 0.503 e. The number of ether oxygens (including phenoxy) is 2. The second-order valence-corrected chi connectivity index (χ2v) is 5.54. The van der Waals surface area contributed by atoms with Crippen molar-refractivity contribution in [1.82, 2.24) is 5.43 Å². The van der Waals surface area contributed by atoms with Crippen molar-refractivity contribution >= 4 is 23.7 Å². The first-order valence-electron chi connectivity index (χ1n) is 7.63. The molecule has 0 radical (unpaired) electrons. The average Bonchev–Trinajstić information content (AvgIpc) is 2.63. The van der Waals surface area contributed by atoms with E-state index in [1.165, 1.54) is 25.0 Å². The summed E-state index contributed by atoms with van der Waals surface area (Å²) in [4.78, 5) is 11.7. The number of hydrogen-bond donors (Lipinski definition) is 2. The summed E-state index contributed by atoms with van der Waals surface area (Å²) in [6.45, 7) is 1.92. The van der Waals surface area contributed by atoms with Gasteiger partial charge < -0.3 is 14.6 Å². The zero-order valence-electron chi connectivity index (χ0n) is 14.0. The Morgan fingerprint density at radius 3 is 2.68 bits per heavy atom. The number of aromatic hydroxyl groups is 1. The molecule has 0 saturated heterocycles. The number of nitrogens with one attached hydrogen (secondary N) is 1. The van der Waals surface area contributed by atoms with Crippen molar-refractivity contribution in [3.8, 4) is 17.2 Å². The monoisotopic (exact) mass is 362 g/mol. The number of hydrazone groups is 1. The second-order valence-electron chi connectivity index (χ2n) is 5.13. The lowest BCUT2D eigenvalue weighted by atomic mass is 10.2. The zero-order valence-corrected chi connectivity index (χ0v) is 14.7. The Balaban J connectivity index is 1.86. The van der Waals surface area contributed by atoms with E-state index in [4.69, 9.17) is 21.1 Å². The molecule has 0 heterocycles. The molecule has 0 aromatic heterocycles. The molecular formula is C18H19ClN2O4. The van der Waals surface area contributed by atoms with Crippen molar-refractivity contribution in [2.45, 2.75) is 13.3 Å². The van der Waals surface area contributed by atoms with Crippen molar-refractivity contribution < 1.29 is 19.4 Å². The molecule has 0 unspecified atom stereocenters. The first-order valence-corrected chi connectivity index (χ1v) is 8.01. The highest BCUT2D eigenvalue weighted by Crippen LogP contribution is 2.34. The number of nitrogens with zero attached hydrogens (tertiary/aromatic N) is 1. The van der Waals surface area contributed by atoms with Crippen LogP contribution in [0.3, 0.4) is 0 Å². The van der Waals surface area contributed by atoms with Gasteiger partial charge in [-0.3, -0.25) is 4.79 Å². The van der Waals surface area contributed by atoms with E-state index >= 15 is 0 Å². The fourth-order valence-corrected chi connectivity index (χ4v) is 2.22. The predicted molar refractivity (Wildman–Crippen MR) is 96.7 cm³/mol. The standard InChI is InChI=1S/C18H19ClN2O4/c1-3-12-4-6-14(7-5-12)25-11-17(22)21-20-10-13-8-15(19)18(23)16(9-13)24-2/h4-10,23H,3,11H2,1-2H3,(H,21,22)/b20-10+. The zero-order chi connectivity index (χ0) is 18.2. The number of halogens is 1. The minimum atomic E-state index is -0.396. The van der Waals surface area contributed by atoms with Gasteiger partial charge in [-0.25, -0.2) is 5.43 Å². The smallest absolute Gasteiger partial charge is 0.277 e. The number of carbonyl (C=O) groups is 1. The van der Waals surface area contributed by atoms with Gasteiger partial charge in [0.2, 0.25) is 0 Å². The van der Waals surface area contributed by atoms with Crippen LogP contribution in [0.5, 0.6) is 17.2 Å². The van der Waals surface area contributed by atoms with E-state index in [-0.39, 0.29) is 23.1 Å². The summed E-state index contributed by atoms with van der Waals surface area (Å²) in [6, 6.07) is 10.6. The number of methoxy groups -OCH3 is 1. The lowest BCUT2D eigenvalue weighted by Gasteiger charge is -2.06. The molecule has 132 valence electrons. The van der Waals surface area contributed by atoms with Crippen molar-refractivity contribution in [3.05, 3.63) is 52.5 Å². The molecule has 6 nitrogen and oxygen atoms in total. The Hall–Kier alpha value is -2.73. The Bertz CT molecular complexity index is 760. The third-order valence-corrected chi connectivity index (χ3v) is 3.66. The van der Waals surface area contributed by atoms with Gasteiger partial charge in [0.05, 0.1) is 18.3 Å². The normalized spacial score (nSPS) is 10.7. The number of phenolic OH excluding ortho intramolecular Hbond substituents is 1. The van der Waals surface area contributed by atoms with Crippen LogP contribution in [0.1, 0.15) is 18.1 Å². The molecule has 0 saturated carbocycles. The van der Waals surface area contributed by atoms with Crippen molar-refractivity contribution in [2.75, 3.05) is 13.7 Å². The molecular weight excluding hydrogens is 344 g/mol. The van der Waals surface area contributed by atoms with Gasteiger partial charge in [0.25, 0.3) is 5.91 Å². The summed E-state index contributed by atoms with van der Waals surface area (Å²) in [6.07, 6.45) is 2.34. The van der Waals surface area contributed by atoms with Crippen LogP contribution in [0, 0.1) is 0 Å². The van der Waals surface area contributed by atoms with Crippen molar-refractivity contribution in [2.24, 2.45) is 5.10 Å². The molecule has 0 fully saturated rings. The highest BCUT2D eigenvalue weighted by molar-refractivity contribution is 6.32. The van der Waals surface area contributed by atoms with E-state index in [1.807, 2.05) is 24.3 Å². The van der Waals surface area contributed by atoms with Crippen LogP contribution in [0.2, 0.25) is 5.02 Å². The maximum atomic E-state index is 11.7. The summed E-state index contributed by atoms with van der Waals surface area (Å²) in [5.41, 5.74) is 4.12. The number of aryl methyl sites for hydroxylation is 1. The molecule has 2 aromatic rings. The fourth-order valence-electron chi connectivity index (χ4n) is 2.01. The van der Waals surface area contributed by atoms with E-state index in [1.54, 1.807) is 6.07 Å². The predicted octanol–water partition coefficient (Wildman–Crippen LogP) is 3.15. The number of carbonyl (C=O) groups excluding carboxylic acids is 1. The molecule has 7 heteroatoms. The molecule has 0 atom stereocenters. The molecule has 0 aliphatic carbocycles. The van der Waals surface area contributed by atoms with Gasteiger partial charge in [-0.15, -0.1) is 0 Å². The first kappa shape index (κ1) is 18.6. The third kappa shape index (κ3) is 5.39. The Morgan fingerprint density at radius 2 is 2.04 bits per heavy atom. The van der Waals surface area contributed by atoms with E-state index in [0.717, 1.165) is 6.42 Å². The Labute approximate surface area is 151 Å². The summed E-state index contributed by atoms with van der Waals surface area (Å²) < 4.78 is 10.4. The fraction of sp³-hybridized carbons (Fsp3) is 0.222. The topological polar surface area (TPSA) is 80.2 Å². The van der Waals surface area contributed by atoms with Crippen LogP contribution >= 0.6 is 11.6 Å². The van der Waals surface area contributed by atoms with Crippen molar-refractivity contribution in [3.63, 3.8) is 0 Å². The molecule has 0 spiro atoms. The summed E-state index contributed by atoms with van der Waals surface area (Å²) in [5.74, 6) is 0.297. The highest BCUT2D eigenvalue weighted by Gasteiger charge is 2.08. The molecule has 2 rings (SSSR count). The molecule has 0 aliphatic rings. The van der Waals surface area contributed by atoms with E-state index in [9.17, 15) is 9.90 Å². The summed E-state index contributed by atoms with van der Waals surface area (Å²) in [7, 11) is 1.42. The lowest BCUT2D eigenvalue weighted by molar-refractivity contribution is -0.123. The molecule has 1 amide bonds. The lowest BCUT2D eigenvalue weighted by Crippen LogP contribution is -2.24. The van der Waals surface area contributed by atoms with E-state index in [2.05, 4.69) is 17.5 Å². The van der Waals surface area contributed by atoms with Crippen molar-refractivity contribution in [1.29, 1.82) is 0 Å². The average molecular weight is 363 g/mol. The molecule has 2 aromatic carbocycles. The Morgan fingerprint density at radius 1 is 1.32 bits per heavy atom. The SMILES string of the molecule is CCc1ccc(OCC(=O)N/N=C/c2cc(Cl)c(O)c(OC)c2)cc1. The van der Waals surface area contributed by atoms with Crippen LogP contribution < -0.4 is 14.9 Å². The third-order valence-electron chi connectivity index (χ3n) is 3.38. The first-order chi connectivity index (χ1) is 12.0. The van der Waals surface area contributed by atoms with E-state index in [0.29, 0.717) is 11.3 Å². The van der Waals surface area contributed by atoms with Gasteiger partial charge in [-0.1, -0.05) is 30.7 Å². The summed E-state index contributed by atoms with van der Waals surface area (Å²) in [5, 5.41) is 13.6.